The van der Waals surface area contributed by atoms with Gasteiger partial charge in [0.1, 0.15) is 11.8 Å². The Morgan fingerprint density at radius 2 is 1.76 bits per heavy atom. The van der Waals surface area contributed by atoms with Gasteiger partial charge >= 0.3 is 0 Å². The summed E-state index contributed by atoms with van der Waals surface area (Å²) in [6.07, 6.45) is 3.42. The highest BCUT2D eigenvalue weighted by molar-refractivity contribution is 7.80. The molecule has 1 aromatic heterocycles. The van der Waals surface area contributed by atoms with Crippen LogP contribution < -0.4 is 10.1 Å². The number of nitrogens with zero attached hydrogens (tertiary/aromatic N) is 3. The summed E-state index contributed by atoms with van der Waals surface area (Å²) >= 11 is 5.70. The standard InChI is InChI=1S/C26H26N4O3S/c1-2-33-22-12-10-21(11-13-22)28-24(31)15-23-25(32)30(17-19-7-4-3-5-8-19)26(34)29(23)18-20-9-6-14-27-16-20/h3-14,16,23H,2,15,17-18H2,1H3,(H,28,31). The van der Waals surface area contributed by atoms with Crippen LogP contribution in [0.15, 0.2) is 79.1 Å². The fourth-order valence-electron chi connectivity index (χ4n) is 3.86. The van der Waals surface area contributed by atoms with Gasteiger partial charge in [0.05, 0.1) is 19.6 Å². The van der Waals surface area contributed by atoms with Gasteiger partial charge in [-0.25, -0.2) is 0 Å². The van der Waals surface area contributed by atoms with E-state index in [1.165, 1.54) is 0 Å². The van der Waals surface area contributed by atoms with Crippen LogP contribution in [0.25, 0.3) is 0 Å². The molecule has 1 unspecified atom stereocenters. The van der Waals surface area contributed by atoms with Gasteiger partial charge in [0.25, 0.3) is 5.91 Å². The van der Waals surface area contributed by atoms with E-state index in [-0.39, 0.29) is 18.2 Å². The van der Waals surface area contributed by atoms with Crippen molar-refractivity contribution >= 4 is 34.8 Å². The molecule has 8 heteroatoms. The average Bonchev–Trinajstić information content (AvgIpc) is 3.06. The second kappa shape index (κ2) is 10.9. The zero-order chi connectivity index (χ0) is 23.9. The van der Waals surface area contributed by atoms with Crippen molar-refractivity contribution in [2.75, 3.05) is 11.9 Å². The van der Waals surface area contributed by atoms with Gasteiger partial charge in [-0.2, -0.15) is 0 Å². The van der Waals surface area contributed by atoms with Crippen molar-refractivity contribution < 1.29 is 14.3 Å². The molecule has 2 amide bonds. The highest BCUT2D eigenvalue weighted by Crippen LogP contribution is 2.26. The maximum Gasteiger partial charge on any atom is 0.252 e. The summed E-state index contributed by atoms with van der Waals surface area (Å²) in [7, 11) is 0. The Hall–Kier alpha value is -3.78. The highest BCUT2D eigenvalue weighted by atomic mass is 32.1. The van der Waals surface area contributed by atoms with E-state index in [1.807, 2.05) is 54.3 Å². The Morgan fingerprint density at radius 1 is 1.03 bits per heavy atom. The van der Waals surface area contributed by atoms with Crippen molar-refractivity contribution in [1.29, 1.82) is 0 Å². The molecule has 1 aliphatic rings. The average molecular weight is 475 g/mol. The fourth-order valence-corrected chi connectivity index (χ4v) is 4.21. The minimum Gasteiger partial charge on any atom is -0.494 e. The van der Waals surface area contributed by atoms with Crippen molar-refractivity contribution in [2.45, 2.75) is 32.5 Å². The van der Waals surface area contributed by atoms with Gasteiger partial charge in [-0.05, 0) is 60.6 Å². The lowest BCUT2D eigenvalue weighted by atomic mass is 10.1. The summed E-state index contributed by atoms with van der Waals surface area (Å²) in [5.41, 5.74) is 2.52. The summed E-state index contributed by atoms with van der Waals surface area (Å²) in [6, 6.07) is 19.9. The lowest BCUT2D eigenvalue weighted by Gasteiger charge is -2.24. The molecule has 1 N–H and O–H groups in total. The first-order valence-electron chi connectivity index (χ1n) is 11.1. The molecule has 1 atom stereocenters. The molecule has 1 saturated heterocycles. The minimum atomic E-state index is -0.695. The zero-order valence-corrected chi connectivity index (χ0v) is 19.7. The van der Waals surface area contributed by atoms with Crippen LogP contribution in [0.3, 0.4) is 0 Å². The van der Waals surface area contributed by atoms with Crippen molar-refractivity contribution in [3.05, 3.63) is 90.3 Å². The van der Waals surface area contributed by atoms with E-state index < -0.39 is 6.04 Å². The van der Waals surface area contributed by atoms with E-state index in [1.54, 1.807) is 41.6 Å². The smallest absolute Gasteiger partial charge is 0.252 e. The monoisotopic (exact) mass is 474 g/mol. The number of hydrogen-bond acceptors (Lipinski definition) is 5. The molecule has 0 bridgehead atoms. The van der Waals surface area contributed by atoms with Crippen LogP contribution in [0.4, 0.5) is 5.69 Å². The van der Waals surface area contributed by atoms with E-state index in [0.717, 1.165) is 16.9 Å². The predicted molar refractivity (Wildman–Crippen MR) is 134 cm³/mol. The van der Waals surface area contributed by atoms with Crippen molar-refractivity contribution in [3.63, 3.8) is 0 Å². The summed E-state index contributed by atoms with van der Waals surface area (Å²) in [5.74, 6) is 0.290. The topological polar surface area (TPSA) is 74.8 Å². The number of benzene rings is 2. The Kier molecular flexibility index (Phi) is 7.49. The molecule has 0 radical (unpaired) electrons. The van der Waals surface area contributed by atoms with Crippen LogP contribution >= 0.6 is 12.2 Å². The van der Waals surface area contributed by atoms with Gasteiger partial charge in [0.2, 0.25) is 5.91 Å². The molecule has 7 nitrogen and oxygen atoms in total. The molecule has 1 aliphatic heterocycles. The third kappa shape index (κ3) is 5.58. The first-order valence-corrected chi connectivity index (χ1v) is 11.5. The van der Waals surface area contributed by atoms with Gasteiger partial charge in [0, 0.05) is 24.6 Å². The summed E-state index contributed by atoms with van der Waals surface area (Å²) < 4.78 is 5.44. The number of aromatic nitrogens is 1. The van der Waals surface area contributed by atoms with Crippen LogP contribution in [-0.4, -0.2) is 44.4 Å². The molecular formula is C26H26N4O3S. The quantitative estimate of drug-likeness (QED) is 0.473. The summed E-state index contributed by atoms with van der Waals surface area (Å²) in [6.45, 7) is 3.24. The van der Waals surface area contributed by atoms with Crippen LogP contribution in [0.2, 0.25) is 0 Å². The number of anilines is 1. The Balaban J connectivity index is 1.51. The molecule has 0 aliphatic carbocycles. The zero-order valence-electron chi connectivity index (χ0n) is 18.9. The number of carbonyl (C=O) groups excluding carboxylic acids is 2. The van der Waals surface area contributed by atoms with Crippen LogP contribution in [0, 0.1) is 0 Å². The lowest BCUT2D eigenvalue weighted by molar-refractivity contribution is -0.131. The summed E-state index contributed by atoms with van der Waals surface area (Å²) in [4.78, 5) is 33.9. The third-order valence-electron chi connectivity index (χ3n) is 5.49. The molecule has 4 rings (SSSR count). The fraction of sp³-hybridized carbons (Fsp3) is 0.231. The van der Waals surface area contributed by atoms with E-state index in [0.29, 0.717) is 30.5 Å². The number of pyridine rings is 1. The second-order valence-electron chi connectivity index (χ2n) is 7.91. The second-order valence-corrected chi connectivity index (χ2v) is 8.27. The number of rotatable bonds is 9. The lowest BCUT2D eigenvalue weighted by Crippen LogP contribution is -2.37. The first-order chi connectivity index (χ1) is 16.5. The normalized spacial score (nSPS) is 15.5. The van der Waals surface area contributed by atoms with Gasteiger partial charge in [0.15, 0.2) is 5.11 Å². The SMILES string of the molecule is CCOc1ccc(NC(=O)CC2C(=O)N(Cc3ccccc3)C(=S)N2Cc2cccnc2)cc1. The van der Waals surface area contributed by atoms with Crippen LogP contribution in [0.5, 0.6) is 5.75 Å². The third-order valence-corrected chi connectivity index (χ3v) is 5.95. The van der Waals surface area contributed by atoms with Crippen molar-refractivity contribution in [3.8, 4) is 5.75 Å². The van der Waals surface area contributed by atoms with Crippen LogP contribution in [0.1, 0.15) is 24.5 Å². The maximum atomic E-state index is 13.4. The van der Waals surface area contributed by atoms with E-state index in [2.05, 4.69) is 10.3 Å². The van der Waals surface area contributed by atoms with E-state index in [9.17, 15) is 9.59 Å². The maximum absolute atomic E-state index is 13.4. The Morgan fingerprint density at radius 3 is 2.44 bits per heavy atom. The summed E-state index contributed by atoms with van der Waals surface area (Å²) in [5, 5.41) is 3.29. The predicted octanol–water partition coefficient (Wildman–Crippen LogP) is 4.01. The Labute approximate surface area is 204 Å². The molecule has 34 heavy (non-hydrogen) atoms. The number of hydrogen-bond donors (Lipinski definition) is 1. The van der Waals surface area contributed by atoms with Gasteiger partial charge in [-0.15, -0.1) is 0 Å². The molecule has 1 fully saturated rings. The Bertz CT molecular complexity index is 1140. The number of ether oxygens (including phenoxy) is 1. The van der Waals surface area contributed by atoms with Crippen LogP contribution in [-0.2, 0) is 22.7 Å². The molecule has 0 spiro atoms. The number of nitrogens with one attached hydrogen (secondary N) is 1. The van der Waals surface area contributed by atoms with Gasteiger partial charge in [-0.3, -0.25) is 19.5 Å². The largest absolute Gasteiger partial charge is 0.494 e. The van der Waals surface area contributed by atoms with E-state index >= 15 is 0 Å². The molecular weight excluding hydrogens is 448 g/mol. The molecule has 0 saturated carbocycles. The minimum absolute atomic E-state index is 0.0161. The van der Waals surface area contributed by atoms with Crippen molar-refractivity contribution in [2.24, 2.45) is 0 Å². The highest BCUT2D eigenvalue weighted by Gasteiger charge is 2.43. The van der Waals surface area contributed by atoms with Crippen molar-refractivity contribution in [1.82, 2.24) is 14.8 Å². The molecule has 3 aromatic rings. The number of carbonyl (C=O) groups is 2. The number of thiocarbonyl (C=S) groups is 1. The molecule has 2 heterocycles. The van der Waals surface area contributed by atoms with Gasteiger partial charge < -0.3 is 15.0 Å². The first kappa shape index (κ1) is 23.4. The van der Waals surface area contributed by atoms with E-state index in [4.69, 9.17) is 17.0 Å². The van der Waals surface area contributed by atoms with Gasteiger partial charge in [-0.1, -0.05) is 36.4 Å². The number of amides is 2. The molecule has 2 aromatic carbocycles. The molecule has 174 valence electrons.